The maximum atomic E-state index is 12.9. The largest absolute Gasteiger partial charge is 0.481 e. The van der Waals surface area contributed by atoms with Crippen molar-refractivity contribution in [1.29, 1.82) is 0 Å². The van der Waals surface area contributed by atoms with Gasteiger partial charge in [0.05, 0.1) is 30.1 Å². The van der Waals surface area contributed by atoms with Crippen molar-refractivity contribution in [3.8, 4) is 39.5 Å². The van der Waals surface area contributed by atoms with Crippen LogP contribution in [0.25, 0.3) is 33.6 Å². The number of rotatable bonds is 9. The molecule has 0 aliphatic rings. The molecule has 0 bridgehead atoms. The minimum atomic E-state index is -0.925. The molecule has 4 N–H and O–H groups in total. The van der Waals surface area contributed by atoms with Crippen molar-refractivity contribution in [2.45, 2.75) is 26.4 Å². The lowest BCUT2D eigenvalue weighted by atomic mass is 9.92. The van der Waals surface area contributed by atoms with E-state index in [1.54, 1.807) is 19.2 Å². The number of nitrogens with zero attached hydrogens (tertiary/aromatic N) is 3. The molecular weight excluding hydrogens is 546 g/mol. The molecule has 0 aliphatic carbocycles. The van der Waals surface area contributed by atoms with Gasteiger partial charge >= 0.3 is 5.69 Å². The normalized spacial score (nSPS) is 11.9. The SMILES string of the molecule is COc1nc(-c2cccc(-c3cccc(-c4c(C(N)=O)c(=O)n(C)c(=O)n4C)c3C)c2Cl)ccc1CNC(C)CO. The number of carbonyl (C=O) groups excluding carboxylic acids is 1. The summed E-state index contributed by atoms with van der Waals surface area (Å²) in [7, 11) is 4.34. The molecule has 1 unspecified atom stereocenters. The predicted octanol–water partition coefficient (Wildman–Crippen LogP) is 3.02. The molecule has 4 rings (SSSR count). The minimum Gasteiger partial charge on any atom is -0.481 e. The van der Waals surface area contributed by atoms with Gasteiger partial charge in [0.15, 0.2) is 0 Å². The molecule has 0 saturated carbocycles. The van der Waals surface area contributed by atoms with Gasteiger partial charge in [-0.05, 0) is 31.0 Å². The highest BCUT2D eigenvalue weighted by molar-refractivity contribution is 6.36. The number of aliphatic hydroxyl groups is 1. The number of carbonyl (C=O) groups is 1. The average Bonchev–Trinajstić information content (AvgIpc) is 2.97. The lowest BCUT2D eigenvalue weighted by molar-refractivity contribution is 0.0998. The zero-order valence-corrected chi connectivity index (χ0v) is 24.2. The first-order chi connectivity index (χ1) is 19.5. The van der Waals surface area contributed by atoms with Crippen LogP contribution in [0.4, 0.5) is 0 Å². The van der Waals surface area contributed by atoms with Crippen LogP contribution in [-0.2, 0) is 20.6 Å². The van der Waals surface area contributed by atoms with Crippen LogP contribution in [0.1, 0.15) is 28.4 Å². The van der Waals surface area contributed by atoms with E-state index >= 15 is 0 Å². The standard InChI is InChI=1S/C30H32ClN5O5/c1-16(15-37)33-14-18-12-13-23(34-28(18)41-5)22-11-7-10-21(25(22)31)19-8-6-9-20(17(19)2)26-24(27(32)38)29(39)36(4)30(40)35(26)3/h6-13,16,33,37H,14-15H2,1-5H3,(H2,32,38). The summed E-state index contributed by atoms with van der Waals surface area (Å²) in [6.45, 7) is 4.19. The third-order valence-corrected chi connectivity index (χ3v) is 7.52. The Morgan fingerprint density at radius 1 is 1.05 bits per heavy atom. The van der Waals surface area contributed by atoms with Crippen molar-refractivity contribution >= 4 is 17.5 Å². The number of hydrogen-bond acceptors (Lipinski definition) is 7. The van der Waals surface area contributed by atoms with Crippen molar-refractivity contribution in [2.75, 3.05) is 13.7 Å². The first kappa shape index (κ1) is 29.7. The number of aliphatic hydroxyl groups excluding tert-OH is 1. The van der Waals surface area contributed by atoms with Gasteiger partial charge in [-0.15, -0.1) is 0 Å². The van der Waals surface area contributed by atoms with E-state index in [4.69, 9.17) is 22.1 Å². The molecule has 2 heterocycles. The Balaban J connectivity index is 1.85. The highest BCUT2D eigenvalue weighted by Gasteiger charge is 2.24. The lowest BCUT2D eigenvalue weighted by Gasteiger charge is -2.19. The average molecular weight is 578 g/mol. The molecule has 214 valence electrons. The second-order valence-electron chi connectivity index (χ2n) is 9.77. The van der Waals surface area contributed by atoms with Crippen LogP contribution >= 0.6 is 11.6 Å². The minimum absolute atomic E-state index is 0.0118. The number of primary amides is 1. The van der Waals surface area contributed by atoms with Crippen molar-refractivity contribution in [2.24, 2.45) is 19.8 Å². The van der Waals surface area contributed by atoms with Crippen LogP contribution in [-0.4, -0.2) is 44.9 Å². The van der Waals surface area contributed by atoms with E-state index in [0.717, 1.165) is 15.7 Å². The van der Waals surface area contributed by atoms with E-state index in [-0.39, 0.29) is 23.9 Å². The molecule has 4 aromatic rings. The monoisotopic (exact) mass is 577 g/mol. The Kier molecular flexibility index (Phi) is 8.77. The van der Waals surface area contributed by atoms with Crippen LogP contribution in [0, 0.1) is 6.92 Å². The maximum Gasteiger partial charge on any atom is 0.330 e. The summed E-state index contributed by atoms with van der Waals surface area (Å²) in [5.41, 5.74) is 8.88. The van der Waals surface area contributed by atoms with Crippen molar-refractivity contribution in [3.05, 3.63) is 91.1 Å². The Bertz CT molecular complexity index is 1760. The molecule has 2 aromatic carbocycles. The van der Waals surface area contributed by atoms with E-state index in [0.29, 0.717) is 45.4 Å². The van der Waals surface area contributed by atoms with Gasteiger partial charge in [0, 0.05) is 48.9 Å². The van der Waals surface area contributed by atoms with Crippen LogP contribution in [0.2, 0.25) is 5.02 Å². The Morgan fingerprint density at radius 2 is 1.68 bits per heavy atom. The zero-order chi connectivity index (χ0) is 30.0. The van der Waals surface area contributed by atoms with Gasteiger partial charge in [-0.25, -0.2) is 9.78 Å². The Morgan fingerprint density at radius 3 is 2.32 bits per heavy atom. The smallest absolute Gasteiger partial charge is 0.330 e. The molecule has 1 amide bonds. The topological polar surface area (TPSA) is 141 Å². The zero-order valence-electron chi connectivity index (χ0n) is 23.5. The molecular formula is C30H32ClN5O5. The van der Waals surface area contributed by atoms with Gasteiger partial charge in [0.25, 0.3) is 11.5 Å². The number of amides is 1. The number of aromatic nitrogens is 3. The van der Waals surface area contributed by atoms with Gasteiger partial charge in [-0.1, -0.05) is 54.1 Å². The highest BCUT2D eigenvalue weighted by Crippen LogP contribution is 2.40. The number of methoxy groups -OCH3 is 1. The fourth-order valence-corrected chi connectivity index (χ4v) is 5.11. The molecule has 11 heteroatoms. The lowest BCUT2D eigenvalue weighted by Crippen LogP contribution is -2.42. The van der Waals surface area contributed by atoms with E-state index < -0.39 is 17.2 Å². The first-order valence-corrected chi connectivity index (χ1v) is 13.3. The number of nitrogens with two attached hydrogens (primary N) is 1. The van der Waals surface area contributed by atoms with Crippen molar-refractivity contribution in [3.63, 3.8) is 0 Å². The number of nitrogens with one attached hydrogen (secondary N) is 1. The van der Waals surface area contributed by atoms with E-state index in [1.165, 1.54) is 18.7 Å². The first-order valence-electron chi connectivity index (χ1n) is 12.9. The predicted molar refractivity (Wildman–Crippen MR) is 159 cm³/mol. The number of pyridine rings is 1. The highest BCUT2D eigenvalue weighted by atomic mass is 35.5. The van der Waals surface area contributed by atoms with Crippen LogP contribution in [0.3, 0.4) is 0 Å². The second-order valence-corrected chi connectivity index (χ2v) is 10.1. The third-order valence-electron chi connectivity index (χ3n) is 7.11. The number of hydrogen-bond donors (Lipinski definition) is 3. The number of benzene rings is 2. The maximum absolute atomic E-state index is 12.9. The molecule has 10 nitrogen and oxygen atoms in total. The van der Waals surface area contributed by atoms with Gasteiger partial charge in [-0.2, -0.15) is 0 Å². The van der Waals surface area contributed by atoms with Crippen molar-refractivity contribution in [1.82, 2.24) is 19.4 Å². The molecule has 41 heavy (non-hydrogen) atoms. The van der Waals surface area contributed by atoms with E-state index in [2.05, 4.69) is 10.3 Å². The van der Waals surface area contributed by atoms with Crippen LogP contribution in [0.15, 0.2) is 58.1 Å². The molecule has 0 saturated heterocycles. The third kappa shape index (κ3) is 5.54. The van der Waals surface area contributed by atoms with Crippen LogP contribution < -0.4 is 27.0 Å². The summed E-state index contributed by atoms with van der Waals surface area (Å²) in [5.74, 6) is -0.490. The fraction of sp³-hybridized carbons (Fsp3) is 0.267. The number of halogens is 1. The van der Waals surface area contributed by atoms with Gasteiger partial charge in [-0.3, -0.25) is 18.7 Å². The molecule has 0 spiro atoms. The van der Waals surface area contributed by atoms with E-state index in [9.17, 15) is 19.5 Å². The van der Waals surface area contributed by atoms with Crippen LogP contribution in [0.5, 0.6) is 5.88 Å². The summed E-state index contributed by atoms with van der Waals surface area (Å²) < 4.78 is 7.64. The molecule has 2 aromatic heterocycles. The summed E-state index contributed by atoms with van der Waals surface area (Å²) >= 11 is 6.99. The summed E-state index contributed by atoms with van der Waals surface area (Å²) in [5, 5.41) is 12.9. The molecule has 1 atom stereocenters. The molecule has 0 fully saturated rings. The van der Waals surface area contributed by atoms with Crippen molar-refractivity contribution < 1.29 is 14.6 Å². The summed E-state index contributed by atoms with van der Waals surface area (Å²) in [6.07, 6.45) is 0. The van der Waals surface area contributed by atoms with E-state index in [1.807, 2.05) is 50.2 Å². The fourth-order valence-electron chi connectivity index (χ4n) is 4.78. The Labute approximate surface area is 242 Å². The summed E-state index contributed by atoms with van der Waals surface area (Å²) in [6, 6.07) is 14.6. The van der Waals surface area contributed by atoms with Gasteiger partial charge in [0.1, 0.15) is 5.56 Å². The van der Waals surface area contributed by atoms with Gasteiger partial charge < -0.3 is 20.9 Å². The quantitative estimate of drug-likeness (QED) is 0.278. The molecule has 0 aliphatic heterocycles. The van der Waals surface area contributed by atoms with Gasteiger partial charge in [0.2, 0.25) is 5.88 Å². The molecule has 0 radical (unpaired) electrons. The Hall–Kier alpha value is -4.25. The summed E-state index contributed by atoms with van der Waals surface area (Å²) in [4.78, 5) is 42.7. The number of ether oxygens (including phenoxy) is 1. The second kappa shape index (κ2) is 12.1.